The Morgan fingerprint density at radius 1 is 0.800 bits per heavy atom. The number of carbonyl (C=O) groups is 4. The van der Waals surface area contributed by atoms with Crippen LogP contribution in [0.25, 0.3) is 32.8 Å². The van der Waals surface area contributed by atoms with E-state index in [0.29, 0.717) is 28.6 Å². The molecule has 0 bridgehead atoms. The second-order valence-corrected chi connectivity index (χ2v) is 14.0. The molecule has 0 spiro atoms. The first-order chi connectivity index (χ1) is 29.2. The number of benzene rings is 4. The third-order valence-electron chi connectivity index (χ3n) is 10.1. The number of nitrogens with zero attached hydrogens (tertiary/aromatic N) is 3. The van der Waals surface area contributed by atoms with Crippen molar-refractivity contribution in [1.82, 2.24) is 15.3 Å². The van der Waals surface area contributed by atoms with Gasteiger partial charge in [-0.15, -0.1) is 0 Å². The molecule has 2 amide bonds. The summed E-state index contributed by atoms with van der Waals surface area (Å²) in [6.45, 7) is 1.65. The number of rotatable bonds is 12. The molecule has 0 saturated carbocycles. The largest absolute Gasteiger partial charge is 0.493 e. The summed E-state index contributed by atoms with van der Waals surface area (Å²) in [6, 6.07) is 31.2. The molecule has 8 rings (SSSR count). The number of anilines is 1. The predicted molar refractivity (Wildman–Crippen MR) is 221 cm³/mol. The summed E-state index contributed by atoms with van der Waals surface area (Å²) < 4.78 is 23.1. The van der Waals surface area contributed by atoms with E-state index in [1.54, 1.807) is 97.9 Å². The van der Waals surface area contributed by atoms with Crippen LogP contribution in [0, 0.1) is 0 Å². The first-order valence-electron chi connectivity index (χ1n) is 19.4. The Hall–Kier alpha value is -7.45. The van der Waals surface area contributed by atoms with Crippen molar-refractivity contribution in [3.8, 4) is 5.75 Å². The molecule has 0 aliphatic carbocycles. The molecule has 4 aromatic carbocycles. The first kappa shape index (κ1) is 39.4. The summed E-state index contributed by atoms with van der Waals surface area (Å²) in [5, 5.41) is 14.5. The second-order valence-electron chi connectivity index (χ2n) is 14.0. The van der Waals surface area contributed by atoms with Crippen LogP contribution >= 0.6 is 0 Å². The number of aromatic nitrogens is 2. The molecule has 2 N–H and O–H groups in total. The number of pyridine rings is 2. The minimum absolute atomic E-state index is 0.00719. The quantitative estimate of drug-likeness (QED) is 0.0795. The van der Waals surface area contributed by atoms with Gasteiger partial charge in [0.1, 0.15) is 34.4 Å². The number of hydrogen-bond donors (Lipinski definition) is 2. The van der Waals surface area contributed by atoms with Crippen molar-refractivity contribution >= 4 is 62.2 Å². The van der Waals surface area contributed by atoms with Gasteiger partial charge in [-0.3, -0.25) is 19.3 Å². The number of ether oxygens (including phenoxy) is 3. The zero-order chi connectivity index (χ0) is 41.8. The lowest BCUT2D eigenvalue weighted by molar-refractivity contribution is -0.144. The summed E-state index contributed by atoms with van der Waals surface area (Å²) in [5.41, 5.74) is 0.459. The van der Waals surface area contributed by atoms with Crippen LogP contribution in [-0.4, -0.2) is 70.8 Å². The number of fused-ring (bicyclic) bond motifs is 4. The van der Waals surface area contributed by atoms with E-state index < -0.39 is 59.6 Å². The molecule has 0 saturated heterocycles. The van der Waals surface area contributed by atoms with Crippen molar-refractivity contribution in [3.63, 3.8) is 0 Å². The highest BCUT2D eigenvalue weighted by Gasteiger charge is 2.49. The maximum atomic E-state index is 15.0. The first-order valence-corrected chi connectivity index (χ1v) is 19.4. The Morgan fingerprint density at radius 3 is 2.18 bits per heavy atom. The number of hydrogen-bond acceptors (Lipinski definition) is 12. The van der Waals surface area contributed by atoms with E-state index in [-0.39, 0.29) is 48.0 Å². The summed E-state index contributed by atoms with van der Waals surface area (Å²) >= 11 is 0. The highest BCUT2D eigenvalue weighted by molar-refractivity contribution is 6.08. The molecule has 1 aliphatic rings. The lowest BCUT2D eigenvalue weighted by Gasteiger charge is -2.45. The van der Waals surface area contributed by atoms with Gasteiger partial charge in [0.25, 0.3) is 11.8 Å². The van der Waals surface area contributed by atoms with Gasteiger partial charge in [0.15, 0.2) is 0 Å². The third-order valence-corrected chi connectivity index (χ3v) is 10.1. The molecule has 3 atom stereocenters. The molecular formula is C46H38N4O10. The van der Waals surface area contributed by atoms with Gasteiger partial charge >= 0.3 is 17.6 Å². The Bertz CT molecular complexity index is 2840. The van der Waals surface area contributed by atoms with Gasteiger partial charge < -0.3 is 29.1 Å². The monoisotopic (exact) mass is 806 g/mol. The average Bonchev–Trinajstić information content (AvgIpc) is 3.26. The molecule has 7 aromatic rings. The number of amides is 2. The van der Waals surface area contributed by atoms with Crippen LogP contribution in [0.15, 0.2) is 131 Å². The minimum atomic E-state index is -1.55. The Morgan fingerprint density at radius 2 is 1.47 bits per heavy atom. The van der Waals surface area contributed by atoms with E-state index in [1.807, 2.05) is 24.3 Å². The Kier molecular flexibility index (Phi) is 11.3. The minimum Gasteiger partial charge on any atom is -0.493 e. The van der Waals surface area contributed by atoms with Crippen LogP contribution in [0.5, 0.6) is 5.75 Å². The van der Waals surface area contributed by atoms with E-state index in [9.17, 15) is 29.1 Å². The highest BCUT2D eigenvalue weighted by Crippen LogP contribution is 2.43. The summed E-state index contributed by atoms with van der Waals surface area (Å²) in [5.74, 6) is -2.87. The second kappa shape index (κ2) is 17.2. The standard InChI is InChI=1S/C46H38N4O10/c1-2-57-40(52)26-38-42(60-46(56)32-24-29-12-5-8-15-39(29)59-45(32)55)41(49-43(53)35-19-16-27-10-3-6-13-33(27)47-35)31-25-30(58-23-9-22-51)18-21-37(31)50(38)44(54)36-20-17-28-11-4-7-14-34(28)48-36/h3-8,10-21,24-25,38,41-42,51H,2,9,22-23,26H2,1H3,(H,49,53)/t38-,41-,42-/m0/s1. The molecule has 1 aliphatic heterocycles. The van der Waals surface area contributed by atoms with E-state index in [4.69, 9.17) is 18.6 Å². The van der Waals surface area contributed by atoms with Crippen molar-refractivity contribution in [2.45, 2.75) is 38.0 Å². The van der Waals surface area contributed by atoms with Crippen LogP contribution in [0.1, 0.15) is 62.7 Å². The number of carbonyl (C=O) groups excluding carboxylic acids is 4. The van der Waals surface area contributed by atoms with Crippen molar-refractivity contribution in [2.75, 3.05) is 24.7 Å². The number of aliphatic hydroxyl groups is 1. The Labute approximate surface area is 342 Å². The van der Waals surface area contributed by atoms with Crippen molar-refractivity contribution in [1.29, 1.82) is 0 Å². The number of para-hydroxylation sites is 3. The summed E-state index contributed by atoms with van der Waals surface area (Å²) in [7, 11) is 0. The van der Waals surface area contributed by atoms with Gasteiger partial charge in [0.2, 0.25) is 0 Å². The molecule has 0 unspecified atom stereocenters. The lowest BCUT2D eigenvalue weighted by atomic mass is 9.85. The van der Waals surface area contributed by atoms with Gasteiger partial charge in [0.05, 0.1) is 48.4 Å². The van der Waals surface area contributed by atoms with Crippen LogP contribution < -0.4 is 20.6 Å². The van der Waals surface area contributed by atoms with Crippen LogP contribution in [0.4, 0.5) is 5.69 Å². The zero-order valence-corrected chi connectivity index (χ0v) is 32.3. The number of aliphatic hydroxyl groups excluding tert-OH is 1. The number of nitrogens with one attached hydrogen (secondary N) is 1. The van der Waals surface area contributed by atoms with Crippen LogP contribution in [-0.2, 0) is 14.3 Å². The van der Waals surface area contributed by atoms with Crippen LogP contribution in [0.3, 0.4) is 0 Å². The molecule has 0 radical (unpaired) electrons. The van der Waals surface area contributed by atoms with E-state index in [1.165, 1.54) is 11.0 Å². The van der Waals surface area contributed by atoms with E-state index in [2.05, 4.69) is 15.3 Å². The molecule has 302 valence electrons. The lowest BCUT2D eigenvalue weighted by Crippen LogP contribution is -2.58. The third kappa shape index (κ3) is 8.00. The summed E-state index contributed by atoms with van der Waals surface area (Å²) in [4.78, 5) is 81.1. The van der Waals surface area contributed by atoms with E-state index >= 15 is 0 Å². The van der Waals surface area contributed by atoms with Crippen molar-refractivity contribution in [3.05, 3.63) is 154 Å². The predicted octanol–water partition coefficient (Wildman–Crippen LogP) is 6.33. The summed E-state index contributed by atoms with van der Waals surface area (Å²) in [6.07, 6.45) is -1.74. The molecule has 14 nitrogen and oxygen atoms in total. The average molecular weight is 807 g/mol. The highest BCUT2D eigenvalue weighted by atomic mass is 16.6. The maximum absolute atomic E-state index is 15.0. The molecule has 3 aromatic heterocycles. The van der Waals surface area contributed by atoms with Gasteiger partial charge in [-0.1, -0.05) is 66.7 Å². The van der Waals surface area contributed by atoms with Gasteiger partial charge in [-0.05, 0) is 61.5 Å². The van der Waals surface area contributed by atoms with Crippen LogP contribution in [0.2, 0.25) is 0 Å². The smallest absolute Gasteiger partial charge is 0.351 e. The normalized spacial score (nSPS) is 16.0. The van der Waals surface area contributed by atoms with Gasteiger partial charge in [-0.25, -0.2) is 19.6 Å². The molecule has 14 heteroatoms. The van der Waals surface area contributed by atoms with Crippen molar-refractivity contribution in [2.24, 2.45) is 0 Å². The fraction of sp³-hybridized carbons (Fsp3) is 0.196. The topological polar surface area (TPSA) is 187 Å². The molecule has 0 fully saturated rings. The zero-order valence-electron chi connectivity index (χ0n) is 32.3. The fourth-order valence-electron chi connectivity index (χ4n) is 7.34. The number of esters is 2. The van der Waals surface area contributed by atoms with Gasteiger partial charge in [-0.2, -0.15) is 0 Å². The van der Waals surface area contributed by atoms with Crippen molar-refractivity contribution < 1.29 is 42.9 Å². The molecule has 4 heterocycles. The molecular weight excluding hydrogens is 769 g/mol. The SMILES string of the molecule is CCOC(=O)C[C@H]1[C@H](OC(=O)c2cc3ccccc3oc2=O)[C@@H](NC(=O)c2ccc3ccccc3n2)c2cc(OCCCO)ccc2N1C(=O)c1ccc2ccccc2n1. The maximum Gasteiger partial charge on any atom is 0.351 e. The fourth-order valence-corrected chi connectivity index (χ4v) is 7.34. The van der Waals surface area contributed by atoms with E-state index in [0.717, 1.165) is 10.8 Å². The molecule has 60 heavy (non-hydrogen) atoms. The Balaban J connectivity index is 1.31. The van der Waals surface area contributed by atoms with Gasteiger partial charge in [0, 0.05) is 34.7 Å².